The van der Waals surface area contributed by atoms with Crippen LogP contribution in [0.5, 0.6) is 0 Å². The van der Waals surface area contributed by atoms with Gasteiger partial charge in [0, 0.05) is 30.1 Å². The van der Waals surface area contributed by atoms with Gasteiger partial charge in [-0.3, -0.25) is 14.9 Å². The molecular formula is C18H15N3O3. The van der Waals surface area contributed by atoms with Crippen LogP contribution < -0.4 is 5.32 Å². The Morgan fingerprint density at radius 3 is 2.50 bits per heavy atom. The van der Waals surface area contributed by atoms with Crippen LogP contribution in [0.2, 0.25) is 0 Å². The Balaban J connectivity index is 1.78. The molecule has 0 saturated carbocycles. The summed E-state index contributed by atoms with van der Waals surface area (Å²) in [6.45, 7) is 0.150. The summed E-state index contributed by atoms with van der Waals surface area (Å²) in [5, 5.41) is 13.8. The van der Waals surface area contributed by atoms with Crippen molar-refractivity contribution in [2.45, 2.75) is 0 Å². The molecule has 0 fully saturated rings. The molecule has 6 heteroatoms. The van der Waals surface area contributed by atoms with Crippen molar-refractivity contribution in [2.24, 2.45) is 0 Å². The van der Waals surface area contributed by atoms with E-state index in [1.54, 1.807) is 0 Å². The lowest BCUT2D eigenvalue weighted by atomic mass is 10.1. The number of nitro benzene ring substituents is 1. The zero-order valence-corrected chi connectivity index (χ0v) is 12.8. The van der Waals surface area contributed by atoms with E-state index >= 15 is 0 Å². The van der Waals surface area contributed by atoms with Crippen molar-refractivity contribution in [2.75, 3.05) is 6.54 Å². The first kappa shape index (κ1) is 15.5. The van der Waals surface area contributed by atoms with Gasteiger partial charge in [0.05, 0.1) is 22.9 Å². The second kappa shape index (κ2) is 6.78. The maximum Gasteiger partial charge on any atom is 0.269 e. The van der Waals surface area contributed by atoms with E-state index in [4.69, 9.17) is 0 Å². The van der Waals surface area contributed by atoms with E-state index in [1.165, 1.54) is 24.3 Å². The molecule has 3 rings (SSSR count). The summed E-state index contributed by atoms with van der Waals surface area (Å²) < 4.78 is 0. The average molecular weight is 321 g/mol. The summed E-state index contributed by atoms with van der Waals surface area (Å²) in [5.74, 6) is -0.113. The number of Topliss-reactive ketones (excluding diaryl/α,β-unsaturated/α-hetero) is 1. The van der Waals surface area contributed by atoms with Gasteiger partial charge in [-0.25, -0.2) is 0 Å². The molecule has 0 amide bonds. The minimum atomic E-state index is -0.483. The van der Waals surface area contributed by atoms with Gasteiger partial charge >= 0.3 is 0 Å². The highest BCUT2D eigenvalue weighted by Gasteiger charge is 2.17. The number of hydrogen-bond acceptors (Lipinski definition) is 5. The van der Waals surface area contributed by atoms with Crippen molar-refractivity contribution in [1.29, 1.82) is 0 Å². The van der Waals surface area contributed by atoms with Crippen molar-refractivity contribution in [3.8, 4) is 0 Å². The molecule has 0 unspecified atom stereocenters. The first-order valence-corrected chi connectivity index (χ1v) is 7.38. The predicted octanol–water partition coefficient (Wildman–Crippen LogP) is 3.05. The van der Waals surface area contributed by atoms with Crippen LogP contribution in [0.1, 0.15) is 10.4 Å². The number of nitrogens with zero attached hydrogens (tertiary/aromatic N) is 2. The molecule has 1 aromatic carbocycles. The van der Waals surface area contributed by atoms with Gasteiger partial charge < -0.3 is 10.2 Å². The highest BCUT2D eigenvalue weighted by molar-refractivity contribution is 5.98. The molecular weight excluding hydrogens is 306 g/mol. The molecule has 24 heavy (non-hydrogen) atoms. The standard InChI is InChI=1S/C18H15N3O3/c22-18(14-7-9-15(10-8-14)21(23)24)13-20-12-4-2-6-17(20)16-5-1-3-11-19-16/h1-12,19H,13H2. The lowest BCUT2D eigenvalue weighted by molar-refractivity contribution is -0.384. The highest BCUT2D eigenvalue weighted by atomic mass is 16.6. The lowest BCUT2D eigenvalue weighted by Gasteiger charge is -2.25. The zero-order chi connectivity index (χ0) is 16.9. The molecule has 0 aliphatic carbocycles. The first-order valence-electron chi connectivity index (χ1n) is 7.38. The fraction of sp³-hybridized carbons (Fsp3) is 0.0556. The van der Waals surface area contributed by atoms with Crippen molar-refractivity contribution >= 4 is 11.5 Å². The number of carbonyl (C=O) groups is 1. The molecule has 0 bridgehead atoms. The first-order chi connectivity index (χ1) is 11.6. The fourth-order valence-electron chi connectivity index (χ4n) is 2.43. The molecule has 0 saturated heterocycles. The summed E-state index contributed by atoms with van der Waals surface area (Å²) in [6.07, 6.45) is 15.1. The maximum absolute atomic E-state index is 12.5. The number of rotatable bonds is 4. The van der Waals surface area contributed by atoms with Crippen LogP contribution in [0.3, 0.4) is 0 Å². The Labute approximate surface area is 138 Å². The average Bonchev–Trinajstić information content (AvgIpc) is 2.63. The Morgan fingerprint density at radius 1 is 1.08 bits per heavy atom. The SMILES string of the molecule is O=C(CN1C=CC=CC1=C1C=CC=CN1)c1ccc([N+](=O)[O-])cc1. The summed E-state index contributed by atoms with van der Waals surface area (Å²) in [4.78, 5) is 24.5. The third-order valence-electron chi connectivity index (χ3n) is 3.64. The van der Waals surface area contributed by atoms with Gasteiger partial charge in [0.2, 0.25) is 0 Å². The number of carbonyl (C=O) groups excluding carboxylic acids is 1. The van der Waals surface area contributed by atoms with Gasteiger partial charge in [0.1, 0.15) is 0 Å². The summed E-state index contributed by atoms with van der Waals surface area (Å²) in [7, 11) is 0. The Bertz CT molecular complexity index is 814. The molecule has 6 nitrogen and oxygen atoms in total. The van der Waals surface area contributed by atoms with E-state index in [9.17, 15) is 14.9 Å². The molecule has 0 atom stereocenters. The van der Waals surface area contributed by atoms with E-state index in [-0.39, 0.29) is 18.0 Å². The minimum Gasteiger partial charge on any atom is -0.360 e. The Kier molecular flexibility index (Phi) is 4.38. The third-order valence-corrected chi connectivity index (χ3v) is 3.64. The van der Waals surface area contributed by atoms with Crippen LogP contribution in [0.4, 0.5) is 5.69 Å². The van der Waals surface area contributed by atoms with E-state index < -0.39 is 4.92 Å². The molecule has 2 aliphatic heterocycles. The van der Waals surface area contributed by atoms with Crippen LogP contribution in [0.25, 0.3) is 0 Å². The van der Waals surface area contributed by atoms with Gasteiger partial charge in [0.15, 0.2) is 5.78 Å². The number of nitro groups is 1. The number of ketones is 1. The quantitative estimate of drug-likeness (QED) is 0.524. The van der Waals surface area contributed by atoms with E-state index in [2.05, 4.69) is 5.32 Å². The second-order valence-corrected chi connectivity index (χ2v) is 5.22. The molecule has 120 valence electrons. The van der Waals surface area contributed by atoms with Crippen LogP contribution in [0.15, 0.2) is 84.5 Å². The van der Waals surface area contributed by atoms with Gasteiger partial charge in [-0.2, -0.15) is 0 Å². The minimum absolute atomic E-state index is 0.0292. The Morgan fingerprint density at radius 2 is 1.83 bits per heavy atom. The van der Waals surface area contributed by atoms with Crippen molar-refractivity contribution in [3.05, 3.63) is 100 Å². The van der Waals surface area contributed by atoms with Gasteiger partial charge in [-0.15, -0.1) is 0 Å². The van der Waals surface area contributed by atoms with Crippen molar-refractivity contribution < 1.29 is 9.72 Å². The third kappa shape index (κ3) is 3.33. The van der Waals surface area contributed by atoms with Crippen LogP contribution >= 0.6 is 0 Å². The number of non-ortho nitro benzene ring substituents is 1. The van der Waals surface area contributed by atoms with Crippen molar-refractivity contribution in [1.82, 2.24) is 10.2 Å². The van der Waals surface area contributed by atoms with Gasteiger partial charge in [-0.1, -0.05) is 12.2 Å². The normalized spacial score (nSPS) is 18.6. The van der Waals surface area contributed by atoms with Crippen LogP contribution in [-0.2, 0) is 0 Å². The number of hydrogen-bond donors (Lipinski definition) is 1. The summed E-state index contributed by atoms with van der Waals surface area (Å²) in [5.41, 5.74) is 2.20. The fourth-order valence-corrected chi connectivity index (χ4v) is 2.43. The van der Waals surface area contributed by atoms with Gasteiger partial charge in [-0.05, 0) is 36.4 Å². The number of benzene rings is 1. The highest BCUT2D eigenvalue weighted by Crippen LogP contribution is 2.19. The molecule has 1 aromatic rings. The predicted molar refractivity (Wildman–Crippen MR) is 90.9 cm³/mol. The molecule has 0 radical (unpaired) electrons. The number of nitrogens with one attached hydrogen (secondary N) is 1. The maximum atomic E-state index is 12.5. The Hall–Kier alpha value is -3.41. The second-order valence-electron chi connectivity index (χ2n) is 5.22. The molecule has 0 aromatic heterocycles. The van der Waals surface area contributed by atoms with Crippen LogP contribution in [-0.4, -0.2) is 22.2 Å². The number of allylic oxidation sites excluding steroid dienone is 6. The molecule has 2 heterocycles. The van der Waals surface area contributed by atoms with Gasteiger partial charge in [0.25, 0.3) is 5.69 Å². The monoisotopic (exact) mass is 321 g/mol. The molecule has 0 spiro atoms. The van der Waals surface area contributed by atoms with Crippen LogP contribution in [0, 0.1) is 10.1 Å². The molecule has 2 aliphatic rings. The summed E-state index contributed by atoms with van der Waals surface area (Å²) in [6, 6.07) is 5.65. The topological polar surface area (TPSA) is 75.5 Å². The largest absolute Gasteiger partial charge is 0.360 e. The lowest BCUT2D eigenvalue weighted by Crippen LogP contribution is -2.28. The van der Waals surface area contributed by atoms with Crippen molar-refractivity contribution in [3.63, 3.8) is 0 Å². The van der Waals surface area contributed by atoms with E-state index in [0.717, 1.165) is 11.4 Å². The zero-order valence-electron chi connectivity index (χ0n) is 12.8. The molecule has 1 N–H and O–H groups in total. The van der Waals surface area contributed by atoms with E-state index in [1.807, 2.05) is 53.8 Å². The smallest absolute Gasteiger partial charge is 0.269 e. The van der Waals surface area contributed by atoms with E-state index in [0.29, 0.717) is 5.56 Å². The summed E-state index contributed by atoms with van der Waals surface area (Å²) >= 11 is 0. The number of dihydropyridines is 1.